The number of allylic oxidation sites excluding steroid dienone is 4. The summed E-state index contributed by atoms with van der Waals surface area (Å²) in [4.78, 5) is 3.15. The highest BCUT2D eigenvalue weighted by Crippen LogP contribution is 2.17. The molecule has 12 heavy (non-hydrogen) atoms. The van der Waals surface area contributed by atoms with Crippen LogP contribution >= 0.6 is 0 Å². The lowest BCUT2D eigenvalue weighted by molar-refractivity contribution is -0.446. The van der Waals surface area contributed by atoms with Crippen molar-refractivity contribution in [1.82, 2.24) is 0 Å². The molecule has 0 saturated carbocycles. The molecule has 0 atom stereocenters. The Morgan fingerprint density at radius 2 is 2.42 bits per heavy atom. The molecule has 0 aromatic rings. The number of hydrogen-bond acceptors (Lipinski definition) is 0. The molecule has 0 bridgehead atoms. The van der Waals surface area contributed by atoms with Crippen molar-refractivity contribution in [2.45, 2.75) is 32.6 Å². The van der Waals surface area contributed by atoms with Gasteiger partial charge in [-0.25, -0.2) is 4.99 Å². The Kier molecular flexibility index (Phi) is 4.43. The zero-order valence-electron chi connectivity index (χ0n) is 7.84. The first-order valence-corrected chi connectivity index (χ1v) is 4.86. The molecule has 0 amide bonds. The van der Waals surface area contributed by atoms with Crippen molar-refractivity contribution in [1.29, 1.82) is 0 Å². The molecule has 1 aliphatic carbocycles. The molecule has 1 heteroatoms. The van der Waals surface area contributed by atoms with Crippen molar-refractivity contribution in [3.8, 4) is 0 Å². The number of rotatable bonds is 3. The van der Waals surface area contributed by atoms with E-state index in [0.29, 0.717) is 0 Å². The SMILES string of the molecule is CC[NH+]=C/C=C\C1=CCCCC1. The van der Waals surface area contributed by atoms with E-state index in [-0.39, 0.29) is 0 Å². The van der Waals surface area contributed by atoms with E-state index in [2.05, 4.69) is 30.1 Å². The lowest BCUT2D eigenvalue weighted by Gasteiger charge is -2.06. The standard InChI is InChI=1S/C11H17N/c1-2-12-10-6-9-11-7-4-3-5-8-11/h6-7,9-10H,2-5,8H2,1H3/p+1/b9-6-,12-10?. The summed E-state index contributed by atoms with van der Waals surface area (Å²) in [5, 5.41) is 0. The van der Waals surface area contributed by atoms with Gasteiger partial charge >= 0.3 is 0 Å². The van der Waals surface area contributed by atoms with Gasteiger partial charge in [0.1, 0.15) is 6.54 Å². The second kappa shape index (κ2) is 5.76. The van der Waals surface area contributed by atoms with Crippen molar-refractivity contribution in [3.05, 3.63) is 23.8 Å². The molecule has 1 aliphatic rings. The Morgan fingerprint density at radius 3 is 3.08 bits per heavy atom. The minimum absolute atomic E-state index is 1.00. The molecule has 1 N–H and O–H groups in total. The van der Waals surface area contributed by atoms with Gasteiger partial charge < -0.3 is 0 Å². The second-order valence-corrected chi connectivity index (χ2v) is 3.11. The van der Waals surface area contributed by atoms with Crippen LogP contribution in [0.3, 0.4) is 0 Å². The summed E-state index contributed by atoms with van der Waals surface area (Å²) >= 11 is 0. The van der Waals surface area contributed by atoms with Crippen LogP contribution < -0.4 is 4.99 Å². The molecular weight excluding hydrogens is 146 g/mol. The normalized spacial score (nSPS) is 18.9. The van der Waals surface area contributed by atoms with Crippen LogP contribution in [0.4, 0.5) is 0 Å². The molecule has 0 unspecified atom stereocenters. The van der Waals surface area contributed by atoms with Crippen molar-refractivity contribution >= 4 is 6.21 Å². The average Bonchev–Trinajstić information content (AvgIpc) is 2.14. The maximum absolute atomic E-state index is 3.15. The van der Waals surface area contributed by atoms with Crippen LogP contribution in [-0.4, -0.2) is 12.8 Å². The van der Waals surface area contributed by atoms with Crippen LogP contribution in [0.15, 0.2) is 23.8 Å². The maximum atomic E-state index is 3.15. The van der Waals surface area contributed by atoms with Gasteiger partial charge in [0, 0.05) is 6.08 Å². The Hall–Kier alpha value is -0.850. The van der Waals surface area contributed by atoms with Gasteiger partial charge in [-0.15, -0.1) is 0 Å². The Labute approximate surface area is 74.9 Å². The minimum atomic E-state index is 1.00. The van der Waals surface area contributed by atoms with Crippen LogP contribution in [0.2, 0.25) is 0 Å². The Morgan fingerprint density at radius 1 is 1.50 bits per heavy atom. The van der Waals surface area contributed by atoms with Gasteiger partial charge in [-0.3, -0.25) is 0 Å². The van der Waals surface area contributed by atoms with Crippen LogP contribution in [0.25, 0.3) is 0 Å². The van der Waals surface area contributed by atoms with E-state index in [4.69, 9.17) is 0 Å². The van der Waals surface area contributed by atoms with Gasteiger partial charge in [0.2, 0.25) is 0 Å². The van der Waals surface area contributed by atoms with E-state index in [1.165, 1.54) is 31.3 Å². The summed E-state index contributed by atoms with van der Waals surface area (Å²) in [6.07, 6.45) is 13.9. The highest BCUT2D eigenvalue weighted by Gasteiger charge is 1.98. The number of nitrogens with one attached hydrogen (secondary N) is 1. The van der Waals surface area contributed by atoms with Crippen LogP contribution in [-0.2, 0) is 0 Å². The molecule has 0 spiro atoms. The topological polar surface area (TPSA) is 14.0 Å². The molecule has 66 valence electrons. The van der Waals surface area contributed by atoms with Crippen LogP contribution in [0.5, 0.6) is 0 Å². The average molecular weight is 164 g/mol. The third-order valence-corrected chi connectivity index (χ3v) is 2.05. The lowest BCUT2D eigenvalue weighted by atomic mass is 9.99. The fourth-order valence-corrected chi connectivity index (χ4v) is 1.37. The van der Waals surface area contributed by atoms with Crippen molar-refractivity contribution in [2.75, 3.05) is 6.54 Å². The van der Waals surface area contributed by atoms with Gasteiger partial charge in [-0.2, -0.15) is 0 Å². The van der Waals surface area contributed by atoms with E-state index >= 15 is 0 Å². The molecule has 0 aromatic heterocycles. The quantitative estimate of drug-likeness (QED) is 0.603. The van der Waals surface area contributed by atoms with Gasteiger partial charge in [0.05, 0.1) is 0 Å². The maximum Gasteiger partial charge on any atom is 0.161 e. The lowest BCUT2D eigenvalue weighted by Crippen LogP contribution is -2.67. The van der Waals surface area contributed by atoms with Crippen molar-refractivity contribution in [2.24, 2.45) is 0 Å². The molecule has 0 aromatic carbocycles. The summed E-state index contributed by atoms with van der Waals surface area (Å²) in [7, 11) is 0. The summed E-state index contributed by atoms with van der Waals surface area (Å²) < 4.78 is 0. The first-order chi connectivity index (χ1) is 5.93. The van der Waals surface area contributed by atoms with Gasteiger partial charge in [-0.05, 0) is 32.6 Å². The van der Waals surface area contributed by atoms with Crippen LogP contribution in [0.1, 0.15) is 32.6 Å². The summed E-state index contributed by atoms with van der Waals surface area (Å²) in [5.74, 6) is 0. The molecular formula is C11H18N+. The third-order valence-electron chi connectivity index (χ3n) is 2.05. The minimum Gasteiger partial charge on any atom is -0.248 e. The van der Waals surface area contributed by atoms with Gasteiger partial charge in [0.25, 0.3) is 0 Å². The largest absolute Gasteiger partial charge is 0.248 e. The van der Waals surface area contributed by atoms with E-state index in [1.807, 2.05) is 6.21 Å². The summed E-state index contributed by atoms with van der Waals surface area (Å²) in [6.45, 7) is 3.10. The number of hydrogen-bond donors (Lipinski definition) is 1. The molecule has 1 nitrogen and oxygen atoms in total. The predicted molar refractivity (Wildman–Crippen MR) is 53.3 cm³/mol. The Balaban J connectivity index is 2.33. The third kappa shape index (κ3) is 3.51. The van der Waals surface area contributed by atoms with Gasteiger partial charge in [0.15, 0.2) is 6.21 Å². The van der Waals surface area contributed by atoms with E-state index < -0.39 is 0 Å². The fraction of sp³-hybridized carbons (Fsp3) is 0.545. The van der Waals surface area contributed by atoms with E-state index in [9.17, 15) is 0 Å². The zero-order chi connectivity index (χ0) is 8.65. The first kappa shape index (κ1) is 9.24. The summed E-state index contributed by atoms with van der Waals surface area (Å²) in [6, 6.07) is 0. The molecule has 0 aliphatic heterocycles. The van der Waals surface area contributed by atoms with Gasteiger partial charge in [-0.1, -0.05) is 17.7 Å². The van der Waals surface area contributed by atoms with E-state index in [1.54, 1.807) is 0 Å². The monoisotopic (exact) mass is 164 g/mol. The Bertz CT molecular complexity index is 199. The predicted octanol–water partition coefficient (Wildman–Crippen LogP) is 1.21. The molecule has 0 radical (unpaired) electrons. The smallest absolute Gasteiger partial charge is 0.161 e. The molecule has 0 saturated heterocycles. The second-order valence-electron chi connectivity index (χ2n) is 3.11. The first-order valence-electron chi connectivity index (χ1n) is 4.86. The van der Waals surface area contributed by atoms with Crippen LogP contribution in [0, 0.1) is 0 Å². The van der Waals surface area contributed by atoms with E-state index in [0.717, 1.165) is 6.54 Å². The molecule has 0 fully saturated rings. The fourth-order valence-electron chi connectivity index (χ4n) is 1.37. The highest BCUT2D eigenvalue weighted by atomic mass is 14.7. The van der Waals surface area contributed by atoms with Crippen molar-refractivity contribution < 1.29 is 4.99 Å². The molecule has 1 rings (SSSR count). The van der Waals surface area contributed by atoms with Crippen molar-refractivity contribution in [3.63, 3.8) is 0 Å². The summed E-state index contributed by atoms with van der Waals surface area (Å²) in [5.41, 5.74) is 1.50. The zero-order valence-corrected chi connectivity index (χ0v) is 7.84. The molecule has 0 heterocycles. The highest BCUT2D eigenvalue weighted by molar-refractivity contribution is 5.66.